The smallest absolute Gasteiger partial charge is 0.179 e. The van der Waals surface area contributed by atoms with Crippen molar-refractivity contribution in [1.82, 2.24) is 0 Å². The van der Waals surface area contributed by atoms with Gasteiger partial charge in [-0.2, -0.15) is 0 Å². The van der Waals surface area contributed by atoms with Crippen LogP contribution in [0.1, 0.15) is 5.56 Å². The quantitative estimate of drug-likeness (QED) is 0.788. The Bertz CT molecular complexity index is 463. The Balaban J connectivity index is 3.49. The number of methoxy groups -OCH3 is 2. The van der Waals surface area contributed by atoms with E-state index in [0.29, 0.717) is 11.5 Å². The highest BCUT2D eigenvalue weighted by Crippen LogP contribution is 2.31. The van der Waals surface area contributed by atoms with Gasteiger partial charge in [-0.3, -0.25) is 0 Å². The van der Waals surface area contributed by atoms with E-state index in [1.54, 1.807) is 6.07 Å². The van der Waals surface area contributed by atoms with Gasteiger partial charge in [0.05, 0.1) is 14.2 Å². The van der Waals surface area contributed by atoms with Gasteiger partial charge in [0.25, 0.3) is 0 Å². The van der Waals surface area contributed by atoms with E-state index in [2.05, 4.69) is 0 Å². The minimum absolute atomic E-state index is 0.146. The molecule has 0 radical (unpaired) electrons. The first-order valence-electron chi connectivity index (χ1n) is 4.33. The first kappa shape index (κ1) is 11.8. The maximum atomic E-state index is 11.5. The highest BCUT2D eigenvalue weighted by atomic mass is 32.2. The summed E-state index contributed by atoms with van der Waals surface area (Å²) in [4.78, 5) is 0.146. The lowest BCUT2D eigenvalue weighted by atomic mass is 10.2. The summed E-state index contributed by atoms with van der Waals surface area (Å²) in [7, 11) is -0.359. The number of benzene rings is 1. The third-order valence-electron chi connectivity index (χ3n) is 2.08. The molecule has 0 aliphatic carbocycles. The van der Waals surface area contributed by atoms with Crippen LogP contribution in [-0.4, -0.2) is 28.9 Å². The van der Waals surface area contributed by atoms with Gasteiger partial charge in [0, 0.05) is 12.3 Å². The first-order valence-corrected chi connectivity index (χ1v) is 6.22. The van der Waals surface area contributed by atoms with E-state index in [1.165, 1.54) is 20.3 Å². The second kappa shape index (κ2) is 4.10. The molecule has 1 rings (SSSR count). The van der Waals surface area contributed by atoms with Gasteiger partial charge in [0.2, 0.25) is 0 Å². The minimum atomic E-state index is -3.30. The Morgan fingerprint density at radius 1 is 1.07 bits per heavy atom. The SMILES string of the molecule is COc1cc(S(C)(=O)=O)c(OC)cc1C. The summed E-state index contributed by atoms with van der Waals surface area (Å²) in [5, 5.41) is 0. The van der Waals surface area contributed by atoms with E-state index in [1.807, 2.05) is 6.92 Å². The molecule has 0 amide bonds. The van der Waals surface area contributed by atoms with Crippen LogP contribution in [-0.2, 0) is 9.84 Å². The third kappa shape index (κ3) is 2.41. The van der Waals surface area contributed by atoms with Gasteiger partial charge >= 0.3 is 0 Å². The molecule has 15 heavy (non-hydrogen) atoms. The lowest BCUT2D eigenvalue weighted by Crippen LogP contribution is -2.02. The van der Waals surface area contributed by atoms with E-state index in [9.17, 15) is 8.42 Å². The summed E-state index contributed by atoms with van der Waals surface area (Å²) < 4.78 is 33.0. The largest absolute Gasteiger partial charge is 0.496 e. The molecule has 0 spiro atoms. The van der Waals surface area contributed by atoms with Crippen LogP contribution in [0.4, 0.5) is 0 Å². The van der Waals surface area contributed by atoms with Crippen LogP contribution in [0.5, 0.6) is 11.5 Å². The molecule has 0 atom stereocenters. The molecule has 84 valence electrons. The summed E-state index contributed by atoms with van der Waals surface area (Å²) in [6.07, 6.45) is 1.14. The zero-order chi connectivity index (χ0) is 11.6. The van der Waals surface area contributed by atoms with Gasteiger partial charge in [0.15, 0.2) is 9.84 Å². The van der Waals surface area contributed by atoms with Crippen molar-refractivity contribution in [3.8, 4) is 11.5 Å². The van der Waals surface area contributed by atoms with Crippen molar-refractivity contribution in [2.24, 2.45) is 0 Å². The Morgan fingerprint density at radius 2 is 1.60 bits per heavy atom. The van der Waals surface area contributed by atoms with E-state index >= 15 is 0 Å². The maximum absolute atomic E-state index is 11.5. The molecule has 4 nitrogen and oxygen atoms in total. The van der Waals surface area contributed by atoms with Gasteiger partial charge in [-0.05, 0) is 18.6 Å². The Labute approximate surface area is 89.7 Å². The van der Waals surface area contributed by atoms with Crippen LogP contribution < -0.4 is 9.47 Å². The zero-order valence-corrected chi connectivity index (χ0v) is 10.0. The second-order valence-electron chi connectivity index (χ2n) is 3.24. The predicted octanol–water partition coefficient (Wildman–Crippen LogP) is 1.42. The molecule has 0 heterocycles. The van der Waals surface area contributed by atoms with Crippen LogP contribution in [0.3, 0.4) is 0 Å². The monoisotopic (exact) mass is 230 g/mol. The van der Waals surface area contributed by atoms with E-state index < -0.39 is 9.84 Å². The number of hydrogen-bond donors (Lipinski definition) is 0. The number of ether oxygens (including phenoxy) is 2. The van der Waals surface area contributed by atoms with Crippen LogP contribution >= 0.6 is 0 Å². The van der Waals surface area contributed by atoms with Gasteiger partial charge < -0.3 is 9.47 Å². The van der Waals surface area contributed by atoms with Crippen molar-refractivity contribution in [2.45, 2.75) is 11.8 Å². The van der Waals surface area contributed by atoms with E-state index in [0.717, 1.165) is 11.8 Å². The minimum Gasteiger partial charge on any atom is -0.496 e. The Morgan fingerprint density at radius 3 is 2.00 bits per heavy atom. The van der Waals surface area contributed by atoms with Crippen molar-refractivity contribution in [1.29, 1.82) is 0 Å². The number of hydrogen-bond acceptors (Lipinski definition) is 4. The summed E-state index contributed by atoms with van der Waals surface area (Å²) >= 11 is 0. The lowest BCUT2D eigenvalue weighted by molar-refractivity contribution is 0.390. The van der Waals surface area contributed by atoms with Gasteiger partial charge in [-0.25, -0.2) is 8.42 Å². The van der Waals surface area contributed by atoms with Crippen molar-refractivity contribution < 1.29 is 17.9 Å². The molecule has 0 saturated carbocycles. The van der Waals surface area contributed by atoms with Gasteiger partial charge in [-0.1, -0.05) is 0 Å². The Kier molecular flexibility index (Phi) is 3.24. The molecule has 0 saturated heterocycles. The average molecular weight is 230 g/mol. The first-order chi connectivity index (χ1) is 6.90. The topological polar surface area (TPSA) is 52.6 Å². The molecular weight excluding hydrogens is 216 g/mol. The van der Waals surface area contributed by atoms with Crippen molar-refractivity contribution in [3.05, 3.63) is 17.7 Å². The van der Waals surface area contributed by atoms with Gasteiger partial charge in [-0.15, -0.1) is 0 Å². The Hall–Kier alpha value is -1.23. The molecule has 0 aliphatic heterocycles. The van der Waals surface area contributed by atoms with Gasteiger partial charge in [0.1, 0.15) is 16.4 Å². The van der Waals surface area contributed by atoms with Crippen molar-refractivity contribution in [2.75, 3.05) is 20.5 Å². The highest BCUT2D eigenvalue weighted by molar-refractivity contribution is 7.90. The molecule has 0 aromatic heterocycles. The zero-order valence-electron chi connectivity index (χ0n) is 9.20. The molecular formula is C10H14O4S. The van der Waals surface area contributed by atoms with Crippen LogP contribution in [0.25, 0.3) is 0 Å². The van der Waals surface area contributed by atoms with E-state index in [4.69, 9.17) is 9.47 Å². The fourth-order valence-corrected chi connectivity index (χ4v) is 2.14. The van der Waals surface area contributed by atoms with E-state index in [-0.39, 0.29) is 4.90 Å². The summed E-state index contributed by atoms with van der Waals surface area (Å²) in [5.41, 5.74) is 0.835. The molecule has 0 aliphatic rings. The number of sulfone groups is 1. The molecule has 0 unspecified atom stereocenters. The predicted molar refractivity (Wildman–Crippen MR) is 57.4 cm³/mol. The summed E-state index contributed by atoms with van der Waals surface area (Å²) in [6.45, 7) is 1.83. The van der Waals surface area contributed by atoms with Crippen LogP contribution in [0.15, 0.2) is 17.0 Å². The van der Waals surface area contributed by atoms with Crippen molar-refractivity contribution >= 4 is 9.84 Å². The highest BCUT2D eigenvalue weighted by Gasteiger charge is 2.16. The molecule has 5 heteroatoms. The lowest BCUT2D eigenvalue weighted by Gasteiger charge is -2.11. The third-order valence-corrected chi connectivity index (χ3v) is 3.20. The number of aryl methyl sites for hydroxylation is 1. The normalized spacial score (nSPS) is 11.2. The standard InChI is InChI=1S/C10H14O4S/c1-7-5-9(14-3)10(15(4,11)12)6-8(7)13-2/h5-6H,1-4H3. The molecule has 1 aromatic rings. The fourth-order valence-electron chi connectivity index (χ4n) is 1.31. The van der Waals surface area contributed by atoms with Crippen molar-refractivity contribution in [3.63, 3.8) is 0 Å². The van der Waals surface area contributed by atoms with Crippen LogP contribution in [0.2, 0.25) is 0 Å². The molecule has 0 bridgehead atoms. The second-order valence-corrected chi connectivity index (χ2v) is 5.23. The molecule has 0 fully saturated rings. The summed E-state index contributed by atoms with van der Waals surface area (Å²) in [5.74, 6) is 0.882. The average Bonchev–Trinajstić information content (AvgIpc) is 2.15. The molecule has 1 aromatic carbocycles. The fraction of sp³-hybridized carbons (Fsp3) is 0.400. The maximum Gasteiger partial charge on any atom is 0.179 e. The van der Waals surface area contributed by atoms with Crippen LogP contribution in [0, 0.1) is 6.92 Å². The summed E-state index contributed by atoms with van der Waals surface area (Å²) in [6, 6.07) is 3.12. The molecule has 0 N–H and O–H groups in total. The number of rotatable bonds is 3.